The second-order valence-corrected chi connectivity index (χ2v) is 18.3. The third kappa shape index (κ3) is 9.77. The van der Waals surface area contributed by atoms with E-state index in [2.05, 4.69) is 46.0 Å². The topological polar surface area (TPSA) is 330 Å². The van der Waals surface area contributed by atoms with Gasteiger partial charge in [0.2, 0.25) is 11.9 Å². The van der Waals surface area contributed by atoms with E-state index in [-0.39, 0.29) is 56.0 Å². The van der Waals surface area contributed by atoms with Crippen LogP contribution in [0.15, 0.2) is 131 Å². The monoisotopic (exact) mass is 869 g/mol. The van der Waals surface area contributed by atoms with Gasteiger partial charge in [-0.1, -0.05) is 12.1 Å². The Labute approximate surface area is 329 Å². The molecule has 0 fully saturated rings. The average Bonchev–Trinajstić information content (AvgIpc) is 3.12. The lowest BCUT2D eigenvalue weighted by molar-refractivity contribution is 0.430. The highest BCUT2D eigenvalue weighted by molar-refractivity contribution is 7.90. The largest absolute Gasteiger partial charge is 0.479 e. The molecular weight excluding hydrogens is 843 g/mol. The van der Waals surface area contributed by atoms with E-state index in [1.54, 1.807) is 13.0 Å². The lowest BCUT2D eigenvalue weighted by atomic mass is 10.1. The fraction of sp³-hybridized carbons (Fsp3) is 0.0606. The molecule has 25 heteroatoms. The van der Waals surface area contributed by atoms with Crippen LogP contribution in [-0.4, -0.2) is 73.6 Å². The highest BCUT2D eigenvalue weighted by Crippen LogP contribution is 2.35. The van der Waals surface area contributed by atoms with Gasteiger partial charge >= 0.3 is 6.01 Å². The number of fused-ring (bicyclic) bond motifs is 1. The van der Waals surface area contributed by atoms with Crippen LogP contribution in [0.2, 0.25) is 0 Å². The second kappa shape index (κ2) is 15.5. The van der Waals surface area contributed by atoms with Crippen LogP contribution in [0, 0.1) is 6.92 Å². The van der Waals surface area contributed by atoms with E-state index in [4.69, 9.17) is 0 Å². The minimum Gasteiger partial charge on any atom is -0.479 e. The Hall–Kier alpha value is -6.35. The highest BCUT2D eigenvalue weighted by Gasteiger charge is 2.22. The molecular formula is C33H27N9O12S4. The minimum atomic E-state index is -4.88. The SMILES string of the molecule is Cc1cc(Nc2nc(O)nc(Nc3ccc(N=Nc4ccc(S(C)(=O)=O)cc4)cc3S(=O)(=O)O)n2)ccc1N=Nc1cc(S(=O)(=O)O)c2cccc(S(=O)(=O)O)c2c1. The Morgan fingerprint density at radius 1 is 0.552 bits per heavy atom. The van der Waals surface area contributed by atoms with Crippen molar-refractivity contribution in [3.63, 3.8) is 0 Å². The molecule has 5 aromatic carbocycles. The van der Waals surface area contributed by atoms with Gasteiger partial charge in [0.15, 0.2) is 9.84 Å². The van der Waals surface area contributed by atoms with Gasteiger partial charge in [-0.3, -0.25) is 13.7 Å². The number of aryl methyl sites for hydroxylation is 1. The quantitative estimate of drug-likeness (QED) is 0.0564. The summed E-state index contributed by atoms with van der Waals surface area (Å²) in [5.74, 6) is -0.563. The van der Waals surface area contributed by atoms with Gasteiger partial charge in [0, 0.05) is 22.7 Å². The number of aromatic nitrogens is 3. The molecule has 6 aromatic rings. The second-order valence-electron chi connectivity index (χ2n) is 12.1. The van der Waals surface area contributed by atoms with Crippen molar-refractivity contribution < 1.29 is 52.4 Å². The van der Waals surface area contributed by atoms with Crippen LogP contribution < -0.4 is 10.6 Å². The van der Waals surface area contributed by atoms with Crippen LogP contribution in [0.5, 0.6) is 6.01 Å². The fourth-order valence-electron chi connectivity index (χ4n) is 5.25. The molecule has 6 N–H and O–H groups in total. The van der Waals surface area contributed by atoms with E-state index in [9.17, 15) is 52.4 Å². The van der Waals surface area contributed by atoms with Crippen molar-refractivity contribution in [2.45, 2.75) is 26.5 Å². The fourth-order valence-corrected chi connectivity index (χ4v) is 7.97. The lowest BCUT2D eigenvalue weighted by Crippen LogP contribution is -2.07. The molecule has 1 heterocycles. The zero-order valence-corrected chi connectivity index (χ0v) is 32.7. The van der Waals surface area contributed by atoms with Crippen molar-refractivity contribution in [2.75, 3.05) is 16.9 Å². The first-order chi connectivity index (χ1) is 27.0. The van der Waals surface area contributed by atoms with Crippen LogP contribution >= 0.6 is 0 Å². The Kier molecular flexibility index (Phi) is 11.1. The molecule has 0 unspecified atom stereocenters. The van der Waals surface area contributed by atoms with Gasteiger partial charge in [-0.05, 0) is 91.3 Å². The van der Waals surface area contributed by atoms with E-state index < -0.39 is 60.9 Å². The Morgan fingerprint density at radius 2 is 1.14 bits per heavy atom. The zero-order valence-electron chi connectivity index (χ0n) is 29.5. The number of sulfone groups is 1. The summed E-state index contributed by atoms with van der Waals surface area (Å²) in [6.07, 6.45) is 1.05. The smallest absolute Gasteiger partial charge is 0.320 e. The first-order valence-electron chi connectivity index (χ1n) is 15.9. The lowest BCUT2D eigenvalue weighted by Gasteiger charge is -2.11. The van der Waals surface area contributed by atoms with E-state index in [1.165, 1.54) is 66.7 Å². The predicted molar refractivity (Wildman–Crippen MR) is 207 cm³/mol. The number of anilines is 4. The number of hydrogen-bond acceptors (Lipinski definition) is 18. The van der Waals surface area contributed by atoms with Crippen molar-refractivity contribution in [1.82, 2.24) is 15.0 Å². The standard InChI is InChI=1S/C33H27N9O12S4/c1-18-14-20(8-12-26(18)42-41-22-15-25-24(29(17-22)57(49,50)51)4-3-5-28(25)56(46,47)48)34-31-36-32(38-33(43)37-31)35-27-13-9-21(16-30(27)58(52,53)54)40-39-19-6-10-23(11-7-19)55(2,44)45/h3-17H,1-2H3,(H,46,47,48)(H,49,50,51)(H,52,53,54)(H3,34,35,36,37,38,43). The van der Waals surface area contributed by atoms with E-state index in [1.807, 2.05) is 0 Å². The molecule has 0 aliphatic heterocycles. The molecule has 58 heavy (non-hydrogen) atoms. The molecule has 6 rings (SSSR count). The Bertz CT molecular complexity index is 3150. The molecule has 0 spiro atoms. The normalized spacial score (nSPS) is 12.7. The molecule has 300 valence electrons. The molecule has 0 atom stereocenters. The summed E-state index contributed by atoms with van der Waals surface area (Å²) >= 11 is 0. The van der Waals surface area contributed by atoms with E-state index in [0.717, 1.165) is 24.5 Å². The predicted octanol–water partition coefficient (Wildman–Crippen LogP) is 6.50. The first kappa shape index (κ1) is 41.3. The van der Waals surface area contributed by atoms with Crippen LogP contribution in [0.4, 0.5) is 46.0 Å². The summed E-state index contributed by atoms with van der Waals surface area (Å²) in [6.45, 7) is 1.63. The molecule has 0 aliphatic carbocycles. The van der Waals surface area contributed by atoms with Gasteiger partial charge in [-0.2, -0.15) is 60.7 Å². The number of rotatable bonds is 12. The van der Waals surface area contributed by atoms with Crippen LogP contribution in [0.25, 0.3) is 10.8 Å². The van der Waals surface area contributed by atoms with Crippen molar-refractivity contribution in [3.05, 3.63) is 96.6 Å². The summed E-state index contributed by atoms with van der Waals surface area (Å²) in [5, 5.41) is 31.3. The average molecular weight is 870 g/mol. The van der Waals surface area contributed by atoms with Gasteiger partial charge in [-0.25, -0.2) is 8.42 Å². The van der Waals surface area contributed by atoms with E-state index in [0.29, 0.717) is 11.3 Å². The number of hydrogen-bond donors (Lipinski definition) is 6. The third-order valence-corrected chi connectivity index (χ3v) is 11.7. The maximum Gasteiger partial charge on any atom is 0.320 e. The summed E-state index contributed by atoms with van der Waals surface area (Å²) in [4.78, 5) is 9.84. The van der Waals surface area contributed by atoms with Crippen LogP contribution in [0.3, 0.4) is 0 Å². The summed E-state index contributed by atoms with van der Waals surface area (Å²) in [7, 11) is -18.0. The van der Waals surface area contributed by atoms with Gasteiger partial charge in [0.1, 0.15) is 14.7 Å². The summed E-state index contributed by atoms with van der Waals surface area (Å²) < 4.78 is 126. The molecule has 21 nitrogen and oxygen atoms in total. The van der Waals surface area contributed by atoms with Crippen molar-refractivity contribution >= 4 is 97.0 Å². The first-order valence-corrected chi connectivity index (χ1v) is 22.1. The van der Waals surface area contributed by atoms with Crippen LogP contribution in [0.1, 0.15) is 5.56 Å². The molecule has 0 saturated carbocycles. The number of azo groups is 2. The van der Waals surface area contributed by atoms with Crippen molar-refractivity contribution in [3.8, 4) is 6.01 Å². The zero-order chi connectivity index (χ0) is 42.2. The number of benzene rings is 5. The number of aromatic hydroxyl groups is 1. The molecule has 0 saturated heterocycles. The maximum atomic E-state index is 12.3. The molecule has 0 amide bonds. The Morgan fingerprint density at radius 3 is 1.76 bits per heavy atom. The number of nitrogens with one attached hydrogen (secondary N) is 2. The van der Waals surface area contributed by atoms with Gasteiger partial charge < -0.3 is 15.7 Å². The molecule has 1 aromatic heterocycles. The van der Waals surface area contributed by atoms with Crippen molar-refractivity contribution in [2.24, 2.45) is 20.5 Å². The molecule has 0 radical (unpaired) electrons. The maximum absolute atomic E-state index is 12.3. The van der Waals surface area contributed by atoms with Crippen molar-refractivity contribution in [1.29, 1.82) is 0 Å². The van der Waals surface area contributed by atoms with Crippen LogP contribution in [-0.2, 0) is 40.2 Å². The molecule has 0 bridgehead atoms. The van der Waals surface area contributed by atoms with Gasteiger partial charge in [-0.15, -0.1) is 0 Å². The molecule has 0 aliphatic rings. The summed E-state index contributed by atoms with van der Waals surface area (Å²) in [6, 6.07) is 18.4. The van der Waals surface area contributed by atoms with Gasteiger partial charge in [0.05, 0.1) is 33.3 Å². The summed E-state index contributed by atoms with van der Waals surface area (Å²) in [5.41, 5.74) is 0.962. The number of nitrogens with zero attached hydrogens (tertiary/aromatic N) is 7. The van der Waals surface area contributed by atoms with Gasteiger partial charge in [0.25, 0.3) is 30.4 Å². The van der Waals surface area contributed by atoms with E-state index >= 15 is 0 Å². The minimum absolute atomic E-state index is 0.00373. The highest BCUT2D eigenvalue weighted by atomic mass is 32.2. The Balaban J connectivity index is 1.22. The third-order valence-electron chi connectivity index (χ3n) is 7.84.